The van der Waals surface area contributed by atoms with Crippen LogP contribution in [0.1, 0.15) is 21.6 Å². The second-order valence-corrected chi connectivity index (χ2v) is 8.19. The largest absolute Gasteiger partial charge is 0.305 e. The number of hydrogen-bond donors (Lipinski definition) is 1. The number of benzene rings is 2. The smallest absolute Gasteiger partial charge is 0.260 e. The highest BCUT2D eigenvalue weighted by Gasteiger charge is 2.19. The fraction of sp³-hybridized carbons (Fsp3) is 0.0769. The summed E-state index contributed by atoms with van der Waals surface area (Å²) >= 11 is 6.06. The third-order valence-electron chi connectivity index (χ3n) is 5.24. The SMILES string of the molecule is O=C(Nc1ccn(Cc2ccccn2)n1)c1cn(Cc2ccccc2)nc1-c1ccc(Cl)cc1. The van der Waals surface area contributed by atoms with Crippen LogP contribution < -0.4 is 5.32 Å². The highest BCUT2D eigenvalue weighted by molar-refractivity contribution is 6.30. The van der Waals surface area contributed by atoms with E-state index in [0.29, 0.717) is 35.2 Å². The summed E-state index contributed by atoms with van der Waals surface area (Å²) in [5, 5.41) is 12.7. The molecule has 0 atom stereocenters. The second-order valence-electron chi connectivity index (χ2n) is 7.76. The molecule has 8 heteroatoms. The molecule has 0 bridgehead atoms. The zero-order chi connectivity index (χ0) is 23.3. The predicted molar refractivity (Wildman–Crippen MR) is 132 cm³/mol. The first kappa shape index (κ1) is 21.6. The quantitative estimate of drug-likeness (QED) is 0.358. The van der Waals surface area contributed by atoms with Crippen molar-refractivity contribution < 1.29 is 4.79 Å². The van der Waals surface area contributed by atoms with E-state index >= 15 is 0 Å². The van der Waals surface area contributed by atoms with E-state index in [1.807, 2.05) is 66.9 Å². The predicted octanol–water partition coefficient (Wildman–Crippen LogP) is 5.14. The Balaban J connectivity index is 1.40. The van der Waals surface area contributed by atoms with Crippen molar-refractivity contribution in [2.45, 2.75) is 13.1 Å². The van der Waals surface area contributed by atoms with Gasteiger partial charge in [-0.1, -0.05) is 60.1 Å². The Labute approximate surface area is 201 Å². The molecular formula is C26H21ClN6O. The van der Waals surface area contributed by atoms with Gasteiger partial charge in [-0.15, -0.1) is 0 Å². The Morgan fingerprint density at radius 1 is 0.853 bits per heavy atom. The molecule has 0 spiro atoms. The highest BCUT2D eigenvalue weighted by atomic mass is 35.5. The maximum atomic E-state index is 13.3. The first-order valence-corrected chi connectivity index (χ1v) is 11.1. The van der Waals surface area contributed by atoms with Crippen LogP contribution in [0.5, 0.6) is 0 Å². The average Bonchev–Trinajstić information content (AvgIpc) is 3.48. The fourth-order valence-corrected chi connectivity index (χ4v) is 3.74. The zero-order valence-electron chi connectivity index (χ0n) is 18.2. The summed E-state index contributed by atoms with van der Waals surface area (Å²) in [6.07, 6.45) is 5.31. The van der Waals surface area contributed by atoms with Gasteiger partial charge in [-0.2, -0.15) is 10.2 Å². The normalized spacial score (nSPS) is 10.9. The van der Waals surface area contributed by atoms with Gasteiger partial charge < -0.3 is 5.32 Å². The lowest BCUT2D eigenvalue weighted by Gasteiger charge is -2.04. The minimum absolute atomic E-state index is 0.285. The van der Waals surface area contributed by atoms with Crippen molar-refractivity contribution >= 4 is 23.3 Å². The molecule has 1 N–H and O–H groups in total. The molecule has 0 saturated heterocycles. The van der Waals surface area contributed by atoms with Gasteiger partial charge in [0.2, 0.25) is 0 Å². The van der Waals surface area contributed by atoms with Gasteiger partial charge in [0.15, 0.2) is 5.82 Å². The molecule has 0 radical (unpaired) electrons. The summed E-state index contributed by atoms with van der Waals surface area (Å²) in [6.45, 7) is 1.06. The third kappa shape index (κ3) is 5.05. The molecule has 3 heterocycles. The average molecular weight is 469 g/mol. The Hall–Kier alpha value is -4.23. The molecule has 168 valence electrons. The molecular weight excluding hydrogens is 448 g/mol. The van der Waals surface area contributed by atoms with Crippen LogP contribution in [0.25, 0.3) is 11.3 Å². The van der Waals surface area contributed by atoms with Crippen molar-refractivity contribution in [2.24, 2.45) is 0 Å². The lowest BCUT2D eigenvalue weighted by Crippen LogP contribution is -2.13. The van der Waals surface area contributed by atoms with E-state index < -0.39 is 0 Å². The van der Waals surface area contributed by atoms with Crippen molar-refractivity contribution in [3.8, 4) is 11.3 Å². The molecule has 0 fully saturated rings. The topological polar surface area (TPSA) is 77.6 Å². The lowest BCUT2D eigenvalue weighted by molar-refractivity contribution is 0.102. The Bertz CT molecular complexity index is 1390. The molecule has 5 rings (SSSR count). The van der Waals surface area contributed by atoms with Gasteiger partial charge in [-0.05, 0) is 29.8 Å². The zero-order valence-corrected chi connectivity index (χ0v) is 18.9. The number of anilines is 1. The first-order valence-electron chi connectivity index (χ1n) is 10.8. The van der Waals surface area contributed by atoms with E-state index in [0.717, 1.165) is 16.8 Å². The van der Waals surface area contributed by atoms with Crippen molar-refractivity contribution in [1.29, 1.82) is 0 Å². The minimum Gasteiger partial charge on any atom is -0.305 e. The van der Waals surface area contributed by atoms with Gasteiger partial charge >= 0.3 is 0 Å². The van der Waals surface area contributed by atoms with E-state index in [9.17, 15) is 4.79 Å². The number of pyridine rings is 1. The number of amides is 1. The van der Waals surface area contributed by atoms with Gasteiger partial charge in [0.25, 0.3) is 5.91 Å². The summed E-state index contributed by atoms with van der Waals surface area (Å²) in [4.78, 5) is 17.6. The van der Waals surface area contributed by atoms with Crippen LogP contribution in [0.3, 0.4) is 0 Å². The highest BCUT2D eigenvalue weighted by Crippen LogP contribution is 2.25. The van der Waals surface area contributed by atoms with Gasteiger partial charge in [0.1, 0.15) is 5.69 Å². The van der Waals surface area contributed by atoms with E-state index in [1.165, 1.54) is 0 Å². The molecule has 5 aromatic rings. The molecule has 0 aliphatic rings. The maximum absolute atomic E-state index is 13.3. The fourth-order valence-electron chi connectivity index (χ4n) is 3.62. The van der Waals surface area contributed by atoms with Gasteiger partial charge in [-0.25, -0.2) is 0 Å². The number of hydrogen-bond acceptors (Lipinski definition) is 4. The van der Waals surface area contributed by atoms with E-state index in [-0.39, 0.29) is 5.91 Å². The lowest BCUT2D eigenvalue weighted by atomic mass is 10.1. The Kier molecular flexibility index (Phi) is 6.18. The number of carbonyl (C=O) groups excluding carboxylic acids is 1. The summed E-state index contributed by atoms with van der Waals surface area (Å²) in [7, 11) is 0. The summed E-state index contributed by atoms with van der Waals surface area (Å²) in [6, 6.07) is 24.8. The third-order valence-corrected chi connectivity index (χ3v) is 5.50. The van der Waals surface area contributed by atoms with Crippen LogP contribution in [-0.4, -0.2) is 30.5 Å². The summed E-state index contributed by atoms with van der Waals surface area (Å²) in [5.41, 5.74) is 3.82. The number of nitrogens with zero attached hydrogens (tertiary/aromatic N) is 5. The summed E-state index contributed by atoms with van der Waals surface area (Å²) in [5.74, 6) is 0.172. The molecule has 2 aromatic carbocycles. The second kappa shape index (κ2) is 9.72. The van der Waals surface area contributed by atoms with Crippen molar-refractivity contribution in [3.63, 3.8) is 0 Å². The van der Waals surface area contributed by atoms with E-state index in [2.05, 4.69) is 15.4 Å². The van der Waals surface area contributed by atoms with E-state index in [1.54, 1.807) is 40.0 Å². The monoisotopic (exact) mass is 468 g/mol. The van der Waals surface area contributed by atoms with Crippen LogP contribution in [-0.2, 0) is 13.1 Å². The molecule has 34 heavy (non-hydrogen) atoms. The van der Waals surface area contributed by atoms with Crippen LogP contribution in [0.2, 0.25) is 5.02 Å². The van der Waals surface area contributed by atoms with Gasteiger partial charge in [0, 0.05) is 35.2 Å². The molecule has 0 aliphatic heterocycles. The minimum atomic E-state index is -0.285. The van der Waals surface area contributed by atoms with Gasteiger partial charge in [-0.3, -0.25) is 19.1 Å². The number of rotatable bonds is 7. The molecule has 0 saturated carbocycles. The molecule has 7 nitrogen and oxygen atoms in total. The number of halogens is 1. The standard InChI is InChI=1S/C26H21ClN6O/c27-21-11-9-20(10-12-21)25-23(18-33(31-25)16-19-6-2-1-3-7-19)26(34)29-24-13-15-32(30-24)17-22-8-4-5-14-28-22/h1-15,18H,16-17H2,(H,29,30,34). The molecule has 0 aliphatic carbocycles. The molecule has 1 amide bonds. The van der Waals surface area contributed by atoms with Crippen LogP contribution in [0.15, 0.2) is 97.5 Å². The van der Waals surface area contributed by atoms with Crippen LogP contribution in [0, 0.1) is 0 Å². The van der Waals surface area contributed by atoms with Crippen molar-refractivity contribution in [3.05, 3.63) is 119 Å². The number of aromatic nitrogens is 5. The van der Waals surface area contributed by atoms with Crippen molar-refractivity contribution in [2.75, 3.05) is 5.32 Å². The number of nitrogens with one attached hydrogen (secondary N) is 1. The molecule has 3 aromatic heterocycles. The van der Waals surface area contributed by atoms with Crippen LogP contribution >= 0.6 is 11.6 Å². The van der Waals surface area contributed by atoms with E-state index in [4.69, 9.17) is 16.7 Å². The summed E-state index contributed by atoms with van der Waals surface area (Å²) < 4.78 is 3.50. The van der Waals surface area contributed by atoms with Crippen molar-refractivity contribution in [1.82, 2.24) is 24.5 Å². The number of carbonyl (C=O) groups is 1. The Morgan fingerprint density at radius 3 is 2.41 bits per heavy atom. The van der Waals surface area contributed by atoms with Gasteiger partial charge in [0.05, 0.1) is 24.3 Å². The molecule has 0 unspecified atom stereocenters. The first-order chi connectivity index (χ1) is 16.6. The Morgan fingerprint density at radius 2 is 1.65 bits per heavy atom. The van der Waals surface area contributed by atoms with Crippen LogP contribution in [0.4, 0.5) is 5.82 Å². The maximum Gasteiger partial charge on any atom is 0.260 e.